The molecule has 0 spiro atoms. The lowest BCUT2D eigenvalue weighted by atomic mass is 9.85. The first-order valence-electron chi connectivity index (χ1n) is 9.49. The fraction of sp³-hybridized carbons (Fsp3) is 0.0400. The summed E-state index contributed by atoms with van der Waals surface area (Å²) in [5, 5.41) is 0. The predicted molar refractivity (Wildman–Crippen MR) is 118 cm³/mol. The fourth-order valence-electron chi connectivity index (χ4n) is 3.91. The molecule has 1 amide bonds. The van der Waals surface area contributed by atoms with E-state index in [0.717, 1.165) is 10.5 Å². The SMILES string of the molecule is CN1C(=O)C2=C(Oc3ccccc3)c3ccccc3C(=O)C2=C1c1ccc(S)cc1. The van der Waals surface area contributed by atoms with Crippen LogP contribution in [0.25, 0.3) is 11.5 Å². The summed E-state index contributed by atoms with van der Waals surface area (Å²) in [6.45, 7) is 0. The van der Waals surface area contributed by atoms with Gasteiger partial charge in [0.25, 0.3) is 5.91 Å². The number of para-hydroxylation sites is 1. The molecule has 0 aromatic heterocycles. The van der Waals surface area contributed by atoms with E-state index in [4.69, 9.17) is 4.74 Å². The van der Waals surface area contributed by atoms with Crippen molar-refractivity contribution in [3.63, 3.8) is 0 Å². The van der Waals surface area contributed by atoms with Crippen molar-refractivity contribution in [2.75, 3.05) is 7.05 Å². The summed E-state index contributed by atoms with van der Waals surface area (Å²) in [6.07, 6.45) is 0. The molecule has 0 saturated heterocycles. The maximum absolute atomic E-state index is 13.5. The van der Waals surface area contributed by atoms with Crippen molar-refractivity contribution < 1.29 is 14.3 Å². The van der Waals surface area contributed by atoms with Crippen molar-refractivity contribution in [1.82, 2.24) is 4.90 Å². The normalized spacial score (nSPS) is 15.5. The number of ketones is 1. The van der Waals surface area contributed by atoms with Crippen molar-refractivity contribution in [2.24, 2.45) is 0 Å². The number of benzene rings is 3. The Morgan fingerprint density at radius 3 is 2.10 bits per heavy atom. The van der Waals surface area contributed by atoms with Gasteiger partial charge < -0.3 is 9.64 Å². The topological polar surface area (TPSA) is 46.6 Å². The van der Waals surface area contributed by atoms with Crippen LogP contribution in [0.15, 0.2) is 94.9 Å². The van der Waals surface area contributed by atoms with Crippen molar-refractivity contribution >= 4 is 35.8 Å². The number of rotatable bonds is 3. The van der Waals surface area contributed by atoms with Crippen LogP contribution in [0.2, 0.25) is 0 Å². The van der Waals surface area contributed by atoms with Crippen LogP contribution < -0.4 is 4.74 Å². The van der Waals surface area contributed by atoms with Crippen LogP contribution in [0.1, 0.15) is 21.5 Å². The van der Waals surface area contributed by atoms with E-state index in [0.29, 0.717) is 39.5 Å². The Bertz CT molecular complexity index is 1260. The molecule has 30 heavy (non-hydrogen) atoms. The van der Waals surface area contributed by atoms with Gasteiger partial charge in [0.1, 0.15) is 11.5 Å². The molecule has 5 heteroatoms. The van der Waals surface area contributed by atoms with Gasteiger partial charge in [-0.3, -0.25) is 9.59 Å². The van der Waals surface area contributed by atoms with E-state index in [-0.39, 0.29) is 11.7 Å². The summed E-state index contributed by atoms with van der Waals surface area (Å²) in [7, 11) is 1.68. The highest BCUT2D eigenvalue weighted by Crippen LogP contribution is 2.45. The quantitative estimate of drug-likeness (QED) is 0.627. The molecular formula is C25H17NO3S. The molecule has 5 rings (SSSR count). The monoisotopic (exact) mass is 411 g/mol. The molecule has 0 atom stereocenters. The summed E-state index contributed by atoms with van der Waals surface area (Å²) in [4.78, 5) is 29.2. The molecule has 0 bridgehead atoms. The summed E-state index contributed by atoms with van der Waals surface area (Å²) in [5.41, 5.74) is 3.18. The molecule has 0 fully saturated rings. The summed E-state index contributed by atoms with van der Waals surface area (Å²) >= 11 is 4.34. The number of carbonyl (C=O) groups is 2. The lowest BCUT2D eigenvalue weighted by Crippen LogP contribution is -2.23. The van der Waals surface area contributed by atoms with Gasteiger partial charge in [-0.05, 0) is 29.8 Å². The number of hydrogen-bond donors (Lipinski definition) is 1. The molecule has 0 unspecified atom stereocenters. The second-order valence-electron chi connectivity index (χ2n) is 7.13. The predicted octanol–water partition coefficient (Wildman–Crippen LogP) is 4.85. The Kier molecular flexibility index (Phi) is 4.33. The highest BCUT2D eigenvalue weighted by Gasteiger charge is 2.44. The summed E-state index contributed by atoms with van der Waals surface area (Å²) in [6, 6.07) is 23.9. The number of ether oxygens (including phenoxy) is 1. The first kappa shape index (κ1) is 18.5. The van der Waals surface area contributed by atoms with Gasteiger partial charge in [0.05, 0.1) is 16.8 Å². The number of hydrogen-bond acceptors (Lipinski definition) is 4. The first-order valence-corrected chi connectivity index (χ1v) is 9.94. The molecule has 3 aromatic rings. The number of carbonyl (C=O) groups excluding carboxylic acids is 2. The summed E-state index contributed by atoms with van der Waals surface area (Å²) in [5.74, 6) is 0.572. The van der Waals surface area contributed by atoms with Gasteiger partial charge >= 0.3 is 0 Å². The third-order valence-corrected chi connectivity index (χ3v) is 5.61. The highest BCUT2D eigenvalue weighted by molar-refractivity contribution is 7.80. The van der Waals surface area contributed by atoms with E-state index < -0.39 is 0 Å². The van der Waals surface area contributed by atoms with Crippen LogP contribution in [0.3, 0.4) is 0 Å². The molecule has 0 N–H and O–H groups in total. The van der Waals surface area contributed by atoms with Crippen LogP contribution in [0.5, 0.6) is 5.75 Å². The fourth-order valence-corrected chi connectivity index (χ4v) is 4.06. The van der Waals surface area contributed by atoms with Crippen LogP contribution in [-0.4, -0.2) is 23.6 Å². The average Bonchev–Trinajstić information content (AvgIpc) is 3.04. The third kappa shape index (κ3) is 2.78. The van der Waals surface area contributed by atoms with Gasteiger partial charge in [-0.25, -0.2) is 0 Å². The number of thiol groups is 1. The number of likely N-dealkylation sites (N-methyl/N-ethyl adjacent to an activating group) is 1. The Hall–Kier alpha value is -3.57. The van der Waals surface area contributed by atoms with Crippen LogP contribution in [-0.2, 0) is 4.79 Å². The minimum absolute atomic E-state index is 0.177. The average molecular weight is 411 g/mol. The molecule has 4 nitrogen and oxygen atoms in total. The van der Waals surface area contributed by atoms with E-state index in [2.05, 4.69) is 12.6 Å². The second-order valence-corrected chi connectivity index (χ2v) is 7.64. The Balaban J connectivity index is 1.80. The lowest BCUT2D eigenvalue weighted by Gasteiger charge is -2.21. The van der Waals surface area contributed by atoms with Crippen molar-refractivity contribution in [3.8, 4) is 5.75 Å². The Morgan fingerprint density at radius 1 is 0.767 bits per heavy atom. The second kappa shape index (κ2) is 7.04. The Labute approximate surface area is 179 Å². The first-order chi connectivity index (χ1) is 14.6. The lowest BCUT2D eigenvalue weighted by molar-refractivity contribution is -0.122. The minimum atomic E-state index is -0.260. The van der Waals surface area contributed by atoms with Crippen LogP contribution in [0.4, 0.5) is 0 Å². The maximum Gasteiger partial charge on any atom is 0.262 e. The number of nitrogens with zero attached hydrogens (tertiary/aromatic N) is 1. The molecule has 1 heterocycles. The number of Topliss-reactive ketones (excluding diaryl/α,β-unsaturated/α-hetero) is 1. The Morgan fingerprint density at radius 2 is 1.40 bits per heavy atom. The van der Waals surface area contributed by atoms with Gasteiger partial charge in [0.15, 0.2) is 5.78 Å². The van der Waals surface area contributed by atoms with E-state index in [9.17, 15) is 9.59 Å². The van der Waals surface area contributed by atoms with E-state index in [1.54, 1.807) is 13.1 Å². The van der Waals surface area contributed by atoms with Gasteiger partial charge in [-0.15, -0.1) is 12.6 Å². The third-order valence-electron chi connectivity index (χ3n) is 5.32. The summed E-state index contributed by atoms with van der Waals surface area (Å²) < 4.78 is 6.20. The maximum atomic E-state index is 13.5. The molecule has 1 aliphatic heterocycles. The van der Waals surface area contributed by atoms with Crippen LogP contribution in [0, 0.1) is 0 Å². The largest absolute Gasteiger partial charge is 0.456 e. The minimum Gasteiger partial charge on any atom is -0.456 e. The van der Waals surface area contributed by atoms with E-state index >= 15 is 0 Å². The molecular weight excluding hydrogens is 394 g/mol. The zero-order valence-corrected chi connectivity index (χ0v) is 17.0. The van der Waals surface area contributed by atoms with Gasteiger partial charge in [-0.2, -0.15) is 0 Å². The zero-order valence-electron chi connectivity index (χ0n) is 16.1. The van der Waals surface area contributed by atoms with Crippen molar-refractivity contribution in [3.05, 3.63) is 107 Å². The van der Waals surface area contributed by atoms with Gasteiger partial charge in [0.2, 0.25) is 0 Å². The van der Waals surface area contributed by atoms with E-state index in [1.807, 2.05) is 72.8 Å². The molecule has 0 radical (unpaired) electrons. The highest BCUT2D eigenvalue weighted by atomic mass is 32.1. The molecule has 1 aliphatic carbocycles. The van der Waals surface area contributed by atoms with Gasteiger partial charge in [-0.1, -0.05) is 54.6 Å². The zero-order chi connectivity index (χ0) is 20.8. The molecule has 3 aromatic carbocycles. The molecule has 146 valence electrons. The number of amides is 1. The van der Waals surface area contributed by atoms with Crippen LogP contribution >= 0.6 is 12.6 Å². The molecule has 2 aliphatic rings. The van der Waals surface area contributed by atoms with Crippen molar-refractivity contribution in [1.29, 1.82) is 0 Å². The number of fused-ring (bicyclic) bond motifs is 2. The smallest absolute Gasteiger partial charge is 0.262 e. The van der Waals surface area contributed by atoms with Crippen molar-refractivity contribution in [2.45, 2.75) is 4.90 Å². The molecule has 0 saturated carbocycles. The van der Waals surface area contributed by atoms with E-state index in [1.165, 1.54) is 4.90 Å². The van der Waals surface area contributed by atoms with Gasteiger partial charge in [0, 0.05) is 23.1 Å². The standard InChI is InChI=1S/C25H17NO3S/c1-26-22(15-11-13-17(30)14-12-15)20-21(25(26)28)24(29-16-7-3-2-4-8-16)19-10-6-5-9-18(19)23(20)27/h2-14,30H,1H3.